The summed E-state index contributed by atoms with van der Waals surface area (Å²) >= 11 is 1.19. The lowest BCUT2D eigenvalue weighted by Crippen LogP contribution is -2.40. The van der Waals surface area contributed by atoms with Gasteiger partial charge in [-0.05, 0) is 30.7 Å². The Kier molecular flexibility index (Phi) is 5.55. The van der Waals surface area contributed by atoms with Crippen LogP contribution in [0.15, 0.2) is 59.2 Å². The first-order valence-corrected chi connectivity index (χ1v) is 8.65. The molecule has 1 aromatic carbocycles. The lowest BCUT2D eigenvalue weighted by Gasteiger charge is -2.11. The number of carbonyl (C=O) groups is 2. The van der Waals surface area contributed by atoms with Gasteiger partial charge < -0.3 is 9.73 Å². The third-order valence-corrected chi connectivity index (χ3v) is 4.22. The number of carbonyl (C=O) groups excluding carboxylic acids is 2. The highest BCUT2D eigenvalue weighted by Gasteiger charge is 2.17. The summed E-state index contributed by atoms with van der Waals surface area (Å²) in [6.45, 7) is 1.60. The van der Waals surface area contributed by atoms with Gasteiger partial charge in [0.1, 0.15) is 6.04 Å². The second-order valence-corrected chi connectivity index (χ2v) is 6.33. The van der Waals surface area contributed by atoms with Gasteiger partial charge in [0, 0.05) is 6.08 Å². The molecule has 0 radical (unpaired) electrons. The second-order valence-electron chi connectivity index (χ2n) is 5.35. The topological polar surface area (TPSA) is 97.1 Å². The first-order valence-electron chi connectivity index (χ1n) is 7.83. The average Bonchev–Trinajstić information content (AvgIpc) is 3.32. The third-order valence-electron chi connectivity index (χ3n) is 3.37. The number of anilines is 1. The van der Waals surface area contributed by atoms with Gasteiger partial charge in [0.05, 0.1) is 6.26 Å². The Bertz CT molecular complexity index is 904. The average molecular weight is 368 g/mol. The quantitative estimate of drug-likeness (QED) is 0.652. The number of benzene rings is 1. The monoisotopic (exact) mass is 368 g/mol. The van der Waals surface area contributed by atoms with E-state index in [1.807, 2.05) is 30.3 Å². The fourth-order valence-corrected chi connectivity index (χ4v) is 2.77. The number of furan rings is 1. The van der Waals surface area contributed by atoms with E-state index < -0.39 is 6.04 Å². The van der Waals surface area contributed by atoms with Crippen molar-refractivity contribution >= 4 is 34.4 Å². The molecule has 26 heavy (non-hydrogen) atoms. The summed E-state index contributed by atoms with van der Waals surface area (Å²) < 4.78 is 5.23. The van der Waals surface area contributed by atoms with Crippen LogP contribution in [-0.2, 0) is 9.59 Å². The molecule has 1 unspecified atom stereocenters. The van der Waals surface area contributed by atoms with Crippen LogP contribution in [0.1, 0.15) is 12.5 Å². The largest absolute Gasteiger partial charge is 0.462 e. The zero-order valence-electron chi connectivity index (χ0n) is 13.9. The smallest absolute Gasteiger partial charge is 0.248 e. The first kappa shape index (κ1) is 17.6. The number of rotatable bonds is 6. The highest BCUT2D eigenvalue weighted by Crippen LogP contribution is 2.26. The van der Waals surface area contributed by atoms with Crippen LogP contribution in [-0.4, -0.2) is 28.1 Å². The van der Waals surface area contributed by atoms with E-state index in [9.17, 15) is 9.59 Å². The van der Waals surface area contributed by atoms with Crippen LogP contribution in [0.25, 0.3) is 16.8 Å². The van der Waals surface area contributed by atoms with Crippen LogP contribution in [0.3, 0.4) is 0 Å². The Balaban J connectivity index is 1.53. The molecule has 0 saturated carbocycles. The van der Waals surface area contributed by atoms with Crippen LogP contribution in [0.4, 0.5) is 5.13 Å². The van der Waals surface area contributed by atoms with Gasteiger partial charge in [-0.2, -0.15) is 0 Å². The molecule has 3 aromatic rings. The number of hydrogen-bond acceptors (Lipinski definition) is 6. The number of hydrogen-bond donors (Lipinski definition) is 2. The van der Waals surface area contributed by atoms with Crippen molar-refractivity contribution in [3.63, 3.8) is 0 Å². The fraction of sp³-hybridized carbons (Fsp3) is 0.111. The number of aromatic nitrogens is 2. The number of amides is 2. The van der Waals surface area contributed by atoms with Crippen LogP contribution >= 0.6 is 11.3 Å². The summed E-state index contributed by atoms with van der Waals surface area (Å²) in [5.41, 5.74) is 0.902. The van der Waals surface area contributed by atoms with Crippen molar-refractivity contribution in [1.29, 1.82) is 0 Å². The molecule has 8 heteroatoms. The van der Waals surface area contributed by atoms with Gasteiger partial charge in [0.25, 0.3) is 0 Å². The Hall–Kier alpha value is -3.26. The molecule has 2 aromatic heterocycles. The van der Waals surface area contributed by atoms with E-state index in [1.165, 1.54) is 23.7 Å². The molecule has 1 atom stereocenters. The van der Waals surface area contributed by atoms with Crippen molar-refractivity contribution < 1.29 is 14.0 Å². The van der Waals surface area contributed by atoms with Crippen molar-refractivity contribution in [2.24, 2.45) is 0 Å². The molecule has 0 aliphatic carbocycles. The highest BCUT2D eigenvalue weighted by atomic mass is 32.1. The van der Waals surface area contributed by atoms with Gasteiger partial charge in [-0.1, -0.05) is 41.7 Å². The van der Waals surface area contributed by atoms with E-state index in [1.54, 1.807) is 25.1 Å². The summed E-state index contributed by atoms with van der Waals surface area (Å²) in [5, 5.41) is 14.0. The van der Waals surface area contributed by atoms with Gasteiger partial charge in [0.15, 0.2) is 10.8 Å². The molecule has 3 rings (SSSR count). The van der Waals surface area contributed by atoms with E-state index in [2.05, 4.69) is 20.8 Å². The Morgan fingerprint density at radius 2 is 1.96 bits per heavy atom. The molecule has 2 N–H and O–H groups in total. The SMILES string of the molecule is CC(NC(=O)C=Cc1ccccc1)C(=O)Nc1nnc(-c2ccco2)s1. The minimum Gasteiger partial charge on any atom is -0.462 e. The first-order chi connectivity index (χ1) is 12.6. The third kappa shape index (κ3) is 4.64. The van der Waals surface area contributed by atoms with Gasteiger partial charge in [-0.15, -0.1) is 10.2 Å². The lowest BCUT2D eigenvalue weighted by atomic mass is 10.2. The molecule has 2 amide bonds. The van der Waals surface area contributed by atoms with E-state index in [4.69, 9.17) is 4.42 Å². The molecule has 0 aliphatic rings. The predicted molar refractivity (Wildman–Crippen MR) is 99.3 cm³/mol. The Morgan fingerprint density at radius 1 is 1.15 bits per heavy atom. The van der Waals surface area contributed by atoms with E-state index in [0.29, 0.717) is 15.9 Å². The van der Waals surface area contributed by atoms with Crippen LogP contribution in [0.5, 0.6) is 0 Å². The van der Waals surface area contributed by atoms with E-state index >= 15 is 0 Å². The summed E-state index contributed by atoms with van der Waals surface area (Å²) in [6, 6.07) is 12.2. The molecular formula is C18H16N4O3S. The van der Waals surface area contributed by atoms with Crippen LogP contribution in [0, 0.1) is 0 Å². The van der Waals surface area contributed by atoms with Crippen LogP contribution < -0.4 is 10.6 Å². The molecule has 2 heterocycles. The van der Waals surface area contributed by atoms with Crippen molar-refractivity contribution in [3.05, 3.63) is 60.4 Å². The van der Waals surface area contributed by atoms with Gasteiger partial charge in [-0.25, -0.2) is 0 Å². The number of nitrogens with one attached hydrogen (secondary N) is 2. The minimum absolute atomic E-state index is 0.335. The molecular weight excluding hydrogens is 352 g/mol. The summed E-state index contributed by atoms with van der Waals surface area (Å²) in [5.74, 6) is -0.158. The molecule has 7 nitrogen and oxygen atoms in total. The molecule has 0 bridgehead atoms. The van der Waals surface area contributed by atoms with Crippen molar-refractivity contribution in [2.45, 2.75) is 13.0 Å². The second kappa shape index (κ2) is 8.21. The predicted octanol–water partition coefficient (Wildman–Crippen LogP) is 2.95. The summed E-state index contributed by atoms with van der Waals surface area (Å²) in [6.07, 6.45) is 4.61. The molecule has 0 aliphatic heterocycles. The van der Waals surface area contributed by atoms with Gasteiger partial charge >= 0.3 is 0 Å². The summed E-state index contributed by atoms with van der Waals surface area (Å²) in [7, 11) is 0. The highest BCUT2D eigenvalue weighted by molar-refractivity contribution is 7.18. The molecule has 132 valence electrons. The zero-order chi connectivity index (χ0) is 18.4. The van der Waals surface area contributed by atoms with E-state index in [0.717, 1.165) is 5.56 Å². The Morgan fingerprint density at radius 3 is 2.69 bits per heavy atom. The number of nitrogens with zero attached hydrogens (tertiary/aromatic N) is 2. The lowest BCUT2D eigenvalue weighted by molar-refractivity contribution is -0.123. The maximum Gasteiger partial charge on any atom is 0.248 e. The molecule has 0 saturated heterocycles. The molecule has 0 spiro atoms. The fourth-order valence-electron chi connectivity index (χ4n) is 2.05. The normalized spacial score (nSPS) is 12.0. The van der Waals surface area contributed by atoms with Crippen LogP contribution in [0.2, 0.25) is 0 Å². The standard InChI is InChI=1S/C18H16N4O3S/c1-12(19-15(23)10-9-13-6-3-2-4-7-13)16(24)20-18-22-21-17(26-18)14-8-5-11-25-14/h2-12H,1H3,(H,19,23)(H,20,22,24). The maximum atomic E-state index is 12.2. The maximum absolute atomic E-state index is 12.2. The van der Waals surface area contributed by atoms with Gasteiger partial charge in [-0.3, -0.25) is 14.9 Å². The van der Waals surface area contributed by atoms with Gasteiger partial charge in [0.2, 0.25) is 16.9 Å². The van der Waals surface area contributed by atoms with Crippen molar-refractivity contribution in [2.75, 3.05) is 5.32 Å². The van der Waals surface area contributed by atoms with Crippen molar-refractivity contribution in [3.8, 4) is 10.8 Å². The Labute approximate surface area is 153 Å². The zero-order valence-corrected chi connectivity index (χ0v) is 14.7. The minimum atomic E-state index is -0.723. The molecule has 0 fully saturated rings. The summed E-state index contributed by atoms with van der Waals surface area (Å²) in [4.78, 5) is 24.1. The van der Waals surface area contributed by atoms with E-state index in [-0.39, 0.29) is 11.8 Å². The van der Waals surface area contributed by atoms with Crippen molar-refractivity contribution in [1.82, 2.24) is 15.5 Å².